The molecule has 0 fully saturated rings. The number of aromatic nitrogens is 1. The summed E-state index contributed by atoms with van der Waals surface area (Å²) in [6, 6.07) is 1.92. The van der Waals surface area contributed by atoms with Crippen LogP contribution in [-0.2, 0) is 0 Å². The van der Waals surface area contributed by atoms with Crippen molar-refractivity contribution < 1.29 is 5.11 Å². The number of hydrogen-bond acceptors (Lipinski definition) is 3. The summed E-state index contributed by atoms with van der Waals surface area (Å²) in [4.78, 5) is 4.24. The van der Waals surface area contributed by atoms with Crippen LogP contribution in [0.15, 0.2) is 21.2 Å². The normalized spacial score (nSPS) is 14.8. The molecule has 0 aliphatic carbocycles. The largest absolute Gasteiger partial charge is 0.388 e. The van der Waals surface area contributed by atoms with Crippen molar-refractivity contribution in [2.45, 2.75) is 32.8 Å². The van der Waals surface area contributed by atoms with Gasteiger partial charge in [-0.1, -0.05) is 13.8 Å². The van der Waals surface area contributed by atoms with Crippen LogP contribution in [0.4, 0.5) is 5.82 Å². The number of pyridine rings is 1. The number of rotatable bonds is 5. The number of anilines is 1. The molecule has 0 spiro atoms. The molecule has 0 aliphatic rings. The van der Waals surface area contributed by atoms with Gasteiger partial charge in [-0.3, -0.25) is 0 Å². The summed E-state index contributed by atoms with van der Waals surface area (Å²) in [5, 5.41) is 13.3. The summed E-state index contributed by atoms with van der Waals surface area (Å²) >= 11 is 6.78. The summed E-state index contributed by atoms with van der Waals surface area (Å²) in [7, 11) is 0. The predicted octanol–water partition coefficient (Wildman–Crippen LogP) is 3.82. The fraction of sp³-hybridized carbons (Fsp3) is 0.583. The van der Waals surface area contributed by atoms with E-state index in [0.717, 1.165) is 21.2 Å². The SMILES string of the molecule is CC(C)CC(C)(O)CNc1ncc(Br)cc1Br. The van der Waals surface area contributed by atoms with Crippen LogP contribution in [0.5, 0.6) is 0 Å². The number of nitrogens with zero attached hydrogens (tertiary/aromatic N) is 1. The van der Waals surface area contributed by atoms with Crippen LogP contribution in [0, 0.1) is 5.92 Å². The topological polar surface area (TPSA) is 45.1 Å². The molecule has 96 valence electrons. The monoisotopic (exact) mass is 364 g/mol. The maximum absolute atomic E-state index is 10.2. The van der Waals surface area contributed by atoms with E-state index in [9.17, 15) is 5.11 Å². The minimum Gasteiger partial charge on any atom is -0.388 e. The first-order valence-electron chi connectivity index (χ1n) is 5.57. The van der Waals surface area contributed by atoms with Crippen LogP contribution in [0.2, 0.25) is 0 Å². The zero-order valence-electron chi connectivity index (χ0n) is 10.3. The zero-order chi connectivity index (χ0) is 13.1. The van der Waals surface area contributed by atoms with Crippen LogP contribution in [0.25, 0.3) is 0 Å². The molecule has 0 amide bonds. The summed E-state index contributed by atoms with van der Waals surface area (Å²) in [5.74, 6) is 1.21. The molecule has 17 heavy (non-hydrogen) atoms. The quantitative estimate of drug-likeness (QED) is 0.833. The third-order valence-electron chi connectivity index (χ3n) is 2.29. The van der Waals surface area contributed by atoms with Crippen LogP contribution in [0.3, 0.4) is 0 Å². The number of hydrogen-bond donors (Lipinski definition) is 2. The minimum absolute atomic E-state index is 0.466. The van der Waals surface area contributed by atoms with Gasteiger partial charge >= 0.3 is 0 Å². The Hall–Kier alpha value is -0.130. The van der Waals surface area contributed by atoms with E-state index in [-0.39, 0.29) is 0 Å². The Labute approximate surface area is 119 Å². The lowest BCUT2D eigenvalue weighted by Crippen LogP contribution is -2.35. The van der Waals surface area contributed by atoms with Crippen molar-refractivity contribution in [3.8, 4) is 0 Å². The first-order chi connectivity index (χ1) is 7.80. The third kappa shape index (κ3) is 5.36. The van der Waals surface area contributed by atoms with E-state index < -0.39 is 5.60 Å². The molecule has 5 heteroatoms. The van der Waals surface area contributed by atoms with E-state index >= 15 is 0 Å². The maximum Gasteiger partial charge on any atom is 0.140 e. The lowest BCUT2D eigenvalue weighted by atomic mass is 9.94. The average molecular weight is 366 g/mol. The molecule has 3 nitrogen and oxygen atoms in total. The fourth-order valence-corrected chi connectivity index (χ4v) is 2.90. The molecule has 0 aromatic carbocycles. The second-order valence-corrected chi connectivity index (χ2v) is 6.70. The van der Waals surface area contributed by atoms with Gasteiger partial charge in [-0.15, -0.1) is 0 Å². The van der Waals surface area contributed by atoms with Crippen LogP contribution >= 0.6 is 31.9 Å². The van der Waals surface area contributed by atoms with Crippen LogP contribution in [0.1, 0.15) is 27.2 Å². The van der Waals surface area contributed by atoms with Gasteiger partial charge in [0.1, 0.15) is 5.82 Å². The highest BCUT2D eigenvalue weighted by Gasteiger charge is 2.21. The molecule has 1 atom stereocenters. The summed E-state index contributed by atoms with van der Waals surface area (Å²) < 4.78 is 1.80. The molecule has 0 bridgehead atoms. The molecule has 0 saturated carbocycles. The smallest absolute Gasteiger partial charge is 0.140 e. The molecule has 1 aromatic rings. The molecule has 1 heterocycles. The zero-order valence-corrected chi connectivity index (χ0v) is 13.5. The van der Waals surface area contributed by atoms with E-state index in [1.807, 2.05) is 13.0 Å². The van der Waals surface area contributed by atoms with E-state index in [2.05, 4.69) is 56.0 Å². The van der Waals surface area contributed by atoms with Crippen LogP contribution < -0.4 is 5.32 Å². The van der Waals surface area contributed by atoms with E-state index in [1.165, 1.54) is 0 Å². The molecule has 1 aromatic heterocycles. The highest BCUT2D eigenvalue weighted by molar-refractivity contribution is 9.11. The number of halogens is 2. The second-order valence-electron chi connectivity index (χ2n) is 4.93. The van der Waals surface area contributed by atoms with Gasteiger partial charge in [0, 0.05) is 17.2 Å². The molecule has 1 unspecified atom stereocenters. The first-order valence-corrected chi connectivity index (χ1v) is 7.16. The Morgan fingerprint density at radius 1 is 1.47 bits per heavy atom. The standard InChI is InChI=1S/C12H18Br2N2O/c1-8(2)5-12(3,17)7-16-11-10(14)4-9(13)6-15-11/h4,6,8,17H,5,7H2,1-3H3,(H,15,16). The van der Waals surface area contributed by atoms with Crippen molar-refractivity contribution in [2.75, 3.05) is 11.9 Å². The first kappa shape index (κ1) is 14.9. The highest BCUT2D eigenvalue weighted by atomic mass is 79.9. The van der Waals surface area contributed by atoms with Gasteiger partial charge in [-0.05, 0) is 57.2 Å². The van der Waals surface area contributed by atoms with E-state index in [4.69, 9.17) is 0 Å². The molecule has 0 radical (unpaired) electrons. The van der Waals surface area contributed by atoms with Gasteiger partial charge in [-0.25, -0.2) is 4.98 Å². The molecule has 1 rings (SSSR count). The second kappa shape index (κ2) is 6.16. The van der Waals surface area contributed by atoms with Crippen LogP contribution in [-0.4, -0.2) is 22.2 Å². The van der Waals surface area contributed by atoms with Gasteiger partial charge in [0.05, 0.1) is 10.1 Å². The summed E-state index contributed by atoms with van der Waals surface area (Å²) in [6.07, 6.45) is 2.48. The van der Waals surface area contributed by atoms with E-state index in [0.29, 0.717) is 12.5 Å². The molecule has 0 saturated heterocycles. The van der Waals surface area contributed by atoms with E-state index in [1.54, 1.807) is 6.20 Å². The Morgan fingerprint density at radius 2 is 2.12 bits per heavy atom. The number of aliphatic hydroxyl groups is 1. The van der Waals surface area contributed by atoms with Gasteiger partial charge in [0.15, 0.2) is 0 Å². The molecular weight excluding hydrogens is 348 g/mol. The fourth-order valence-electron chi connectivity index (χ4n) is 1.77. The predicted molar refractivity (Wildman–Crippen MR) is 78.2 cm³/mol. The summed E-state index contributed by atoms with van der Waals surface area (Å²) in [5.41, 5.74) is -0.720. The molecular formula is C12H18Br2N2O. The Bertz CT molecular complexity index is 381. The van der Waals surface area contributed by atoms with Gasteiger partial charge in [0.2, 0.25) is 0 Å². The van der Waals surface area contributed by atoms with Crippen molar-refractivity contribution in [3.05, 3.63) is 21.2 Å². The Balaban J connectivity index is 2.61. The lowest BCUT2D eigenvalue weighted by molar-refractivity contribution is 0.0514. The summed E-state index contributed by atoms with van der Waals surface area (Å²) in [6.45, 7) is 6.52. The van der Waals surface area contributed by atoms with Gasteiger partial charge < -0.3 is 10.4 Å². The van der Waals surface area contributed by atoms with Crippen molar-refractivity contribution in [3.63, 3.8) is 0 Å². The Kier molecular flexibility index (Phi) is 5.41. The maximum atomic E-state index is 10.2. The lowest BCUT2D eigenvalue weighted by Gasteiger charge is -2.26. The van der Waals surface area contributed by atoms with Crippen molar-refractivity contribution in [1.82, 2.24) is 4.98 Å². The molecule has 0 aliphatic heterocycles. The van der Waals surface area contributed by atoms with Crippen molar-refractivity contribution >= 4 is 37.7 Å². The van der Waals surface area contributed by atoms with Gasteiger partial charge in [-0.2, -0.15) is 0 Å². The number of nitrogens with one attached hydrogen (secondary N) is 1. The molecule has 2 N–H and O–H groups in total. The van der Waals surface area contributed by atoms with Crippen molar-refractivity contribution in [1.29, 1.82) is 0 Å². The Morgan fingerprint density at radius 3 is 2.65 bits per heavy atom. The van der Waals surface area contributed by atoms with Crippen molar-refractivity contribution in [2.24, 2.45) is 5.92 Å². The third-order valence-corrected chi connectivity index (χ3v) is 3.33. The minimum atomic E-state index is -0.720. The van der Waals surface area contributed by atoms with Gasteiger partial charge in [0.25, 0.3) is 0 Å². The average Bonchev–Trinajstić information content (AvgIpc) is 2.14. The highest BCUT2D eigenvalue weighted by Crippen LogP contribution is 2.24.